The molecule has 1 heteroatoms. The van der Waals surface area contributed by atoms with Gasteiger partial charge >= 0.3 is 0 Å². The topological polar surface area (TPSA) is 3.24 Å². The third-order valence-electron chi connectivity index (χ3n) is 5.55. The first-order chi connectivity index (χ1) is 10.3. The molecule has 108 valence electrons. The summed E-state index contributed by atoms with van der Waals surface area (Å²) in [4.78, 5) is 2.60. The average molecular weight is 277 g/mol. The molecule has 1 aliphatic heterocycles. The fraction of sp³-hybridized carbons (Fsp3) is 0.400. The minimum Gasteiger partial charge on any atom is -0.302 e. The van der Waals surface area contributed by atoms with E-state index in [-0.39, 0.29) is 0 Å². The fourth-order valence-electron chi connectivity index (χ4n) is 4.51. The Morgan fingerprint density at radius 3 is 2.62 bits per heavy atom. The molecule has 2 aliphatic rings. The predicted molar refractivity (Wildman–Crippen MR) is 87.6 cm³/mol. The lowest BCUT2D eigenvalue weighted by Gasteiger charge is -2.31. The van der Waals surface area contributed by atoms with Crippen molar-refractivity contribution in [2.75, 3.05) is 13.6 Å². The second kappa shape index (κ2) is 5.31. The van der Waals surface area contributed by atoms with Crippen LogP contribution in [0, 0.1) is 5.92 Å². The van der Waals surface area contributed by atoms with E-state index in [1.54, 1.807) is 11.1 Å². The third kappa shape index (κ3) is 2.30. The lowest BCUT2D eigenvalue weighted by atomic mass is 9.74. The molecule has 1 saturated heterocycles. The molecule has 2 aromatic carbocycles. The van der Waals surface area contributed by atoms with Crippen molar-refractivity contribution in [2.24, 2.45) is 5.92 Å². The van der Waals surface area contributed by atoms with Crippen LogP contribution in [0.1, 0.15) is 29.0 Å². The summed E-state index contributed by atoms with van der Waals surface area (Å²) in [6, 6.07) is 20.8. The molecule has 4 rings (SSSR count). The van der Waals surface area contributed by atoms with E-state index in [4.69, 9.17) is 0 Å². The summed E-state index contributed by atoms with van der Waals surface area (Å²) in [5.41, 5.74) is 4.69. The molecule has 0 radical (unpaired) electrons. The summed E-state index contributed by atoms with van der Waals surface area (Å²) in [7, 11) is 2.31. The van der Waals surface area contributed by atoms with Gasteiger partial charge in [0.15, 0.2) is 0 Å². The van der Waals surface area contributed by atoms with E-state index in [1.807, 2.05) is 0 Å². The minimum atomic E-state index is 0.700. The number of hydrogen-bond donors (Lipinski definition) is 0. The van der Waals surface area contributed by atoms with E-state index in [0.29, 0.717) is 6.04 Å². The first-order valence-electron chi connectivity index (χ1n) is 8.15. The maximum absolute atomic E-state index is 2.60. The van der Waals surface area contributed by atoms with Crippen LogP contribution in [0.2, 0.25) is 0 Å². The van der Waals surface area contributed by atoms with E-state index in [0.717, 1.165) is 11.8 Å². The highest BCUT2D eigenvalue weighted by molar-refractivity contribution is 5.35. The Balaban J connectivity index is 1.61. The highest BCUT2D eigenvalue weighted by atomic mass is 15.2. The standard InChI is InChI=1S/C20H23N/c1-21-14-19-17-10-6-5-9-16(17)11-12-18(19)20(21)13-15-7-3-2-4-8-15/h2-10,18-20H,11-14H2,1H3/t18?,19-,20+/m0/s1. The van der Waals surface area contributed by atoms with Crippen LogP contribution in [-0.2, 0) is 12.8 Å². The molecule has 0 spiro atoms. The van der Waals surface area contributed by atoms with Gasteiger partial charge in [0.25, 0.3) is 0 Å². The number of nitrogens with zero attached hydrogens (tertiary/aromatic N) is 1. The first-order valence-corrected chi connectivity index (χ1v) is 8.15. The second-order valence-corrected chi connectivity index (χ2v) is 6.70. The molecule has 1 fully saturated rings. The maximum Gasteiger partial charge on any atom is 0.0167 e. The monoisotopic (exact) mass is 277 g/mol. The summed E-state index contributed by atoms with van der Waals surface area (Å²) in [6.45, 7) is 1.22. The van der Waals surface area contributed by atoms with Crippen molar-refractivity contribution >= 4 is 0 Å². The Labute approximate surface area is 127 Å². The molecule has 0 saturated carbocycles. The molecule has 0 bridgehead atoms. The number of likely N-dealkylation sites (N-methyl/N-ethyl adjacent to an activating group) is 1. The number of rotatable bonds is 2. The lowest BCUT2D eigenvalue weighted by Crippen LogP contribution is -2.32. The van der Waals surface area contributed by atoms with Crippen LogP contribution in [0.15, 0.2) is 54.6 Å². The van der Waals surface area contributed by atoms with Gasteiger partial charge in [-0.1, -0.05) is 54.6 Å². The van der Waals surface area contributed by atoms with Gasteiger partial charge in [-0.25, -0.2) is 0 Å². The van der Waals surface area contributed by atoms with Crippen LogP contribution in [0.3, 0.4) is 0 Å². The summed E-state index contributed by atoms with van der Waals surface area (Å²) in [5, 5.41) is 0. The van der Waals surface area contributed by atoms with Crippen LogP contribution in [-0.4, -0.2) is 24.5 Å². The van der Waals surface area contributed by atoms with Crippen LogP contribution in [0.5, 0.6) is 0 Å². The normalized spacial score (nSPS) is 28.1. The van der Waals surface area contributed by atoms with Crippen molar-refractivity contribution in [2.45, 2.75) is 31.2 Å². The molecule has 0 N–H and O–H groups in total. The number of aryl methyl sites for hydroxylation is 1. The zero-order chi connectivity index (χ0) is 14.2. The molecule has 21 heavy (non-hydrogen) atoms. The van der Waals surface area contributed by atoms with Gasteiger partial charge in [0.2, 0.25) is 0 Å². The van der Waals surface area contributed by atoms with Crippen molar-refractivity contribution in [3.05, 3.63) is 71.3 Å². The molecule has 1 heterocycles. The SMILES string of the molecule is CN1C[C@H]2c3ccccc3CCC2[C@H]1Cc1ccccc1. The molecule has 3 atom stereocenters. The van der Waals surface area contributed by atoms with E-state index in [1.165, 1.54) is 31.4 Å². The van der Waals surface area contributed by atoms with Gasteiger partial charge in [-0.05, 0) is 48.9 Å². The van der Waals surface area contributed by atoms with Gasteiger partial charge in [0.1, 0.15) is 0 Å². The molecule has 0 aromatic heterocycles. The molecule has 1 unspecified atom stereocenters. The van der Waals surface area contributed by atoms with Crippen molar-refractivity contribution in [3.63, 3.8) is 0 Å². The van der Waals surface area contributed by atoms with Crippen molar-refractivity contribution < 1.29 is 0 Å². The fourth-order valence-corrected chi connectivity index (χ4v) is 4.51. The lowest BCUT2D eigenvalue weighted by molar-refractivity contribution is 0.259. The second-order valence-electron chi connectivity index (χ2n) is 6.70. The maximum atomic E-state index is 2.60. The van der Waals surface area contributed by atoms with Crippen molar-refractivity contribution in [3.8, 4) is 0 Å². The molecule has 1 aliphatic carbocycles. The Morgan fingerprint density at radius 1 is 1.00 bits per heavy atom. The Morgan fingerprint density at radius 2 is 1.76 bits per heavy atom. The average Bonchev–Trinajstić information content (AvgIpc) is 2.85. The first kappa shape index (κ1) is 13.1. The van der Waals surface area contributed by atoms with Gasteiger partial charge in [-0.2, -0.15) is 0 Å². The van der Waals surface area contributed by atoms with Crippen LogP contribution >= 0.6 is 0 Å². The quantitative estimate of drug-likeness (QED) is 0.805. The van der Waals surface area contributed by atoms with E-state index < -0.39 is 0 Å². The smallest absolute Gasteiger partial charge is 0.0167 e. The third-order valence-corrected chi connectivity index (χ3v) is 5.55. The largest absolute Gasteiger partial charge is 0.302 e. The van der Waals surface area contributed by atoms with Crippen molar-refractivity contribution in [1.29, 1.82) is 0 Å². The Hall–Kier alpha value is -1.60. The highest BCUT2D eigenvalue weighted by Gasteiger charge is 2.42. The summed E-state index contributed by atoms with van der Waals surface area (Å²) >= 11 is 0. The van der Waals surface area contributed by atoms with Gasteiger partial charge in [0, 0.05) is 18.5 Å². The summed E-state index contributed by atoms with van der Waals surface area (Å²) in [5.74, 6) is 1.57. The van der Waals surface area contributed by atoms with Gasteiger partial charge in [0.05, 0.1) is 0 Å². The van der Waals surface area contributed by atoms with E-state index in [9.17, 15) is 0 Å². The van der Waals surface area contributed by atoms with E-state index >= 15 is 0 Å². The van der Waals surface area contributed by atoms with Crippen LogP contribution < -0.4 is 0 Å². The Kier molecular flexibility index (Phi) is 3.31. The molecular formula is C20H23N. The number of hydrogen-bond acceptors (Lipinski definition) is 1. The molecule has 0 amide bonds. The Bertz CT molecular complexity index is 619. The zero-order valence-electron chi connectivity index (χ0n) is 12.7. The molecule has 2 aromatic rings. The summed E-state index contributed by atoms with van der Waals surface area (Å²) in [6.07, 6.45) is 3.81. The minimum absolute atomic E-state index is 0.700. The van der Waals surface area contributed by atoms with Crippen LogP contribution in [0.4, 0.5) is 0 Å². The number of fused-ring (bicyclic) bond motifs is 3. The summed E-state index contributed by atoms with van der Waals surface area (Å²) < 4.78 is 0. The molecule has 1 nitrogen and oxygen atoms in total. The number of likely N-dealkylation sites (tertiary alicyclic amines) is 1. The predicted octanol–water partition coefficient (Wildman–Crippen LogP) is 3.89. The number of benzene rings is 2. The van der Waals surface area contributed by atoms with Crippen molar-refractivity contribution in [1.82, 2.24) is 4.90 Å². The molecular weight excluding hydrogens is 254 g/mol. The van der Waals surface area contributed by atoms with Gasteiger partial charge < -0.3 is 4.90 Å². The van der Waals surface area contributed by atoms with E-state index in [2.05, 4.69) is 66.5 Å². The van der Waals surface area contributed by atoms with Gasteiger partial charge in [-0.15, -0.1) is 0 Å². The van der Waals surface area contributed by atoms with Crippen LogP contribution in [0.25, 0.3) is 0 Å². The van der Waals surface area contributed by atoms with Gasteiger partial charge in [-0.3, -0.25) is 0 Å². The zero-order valence-corrected chi connectivity index (χ0v) is 12.7. The highest BCUT2D eigenvalue weighted by Crippen LogP contribution is 2.45.